The third-order valence-electron chi connectivity index (χ3n) is 2.52. The molecule has 0 aromatic heterocycles. The van der Waals surface area contributed by atoms with Gasteiger partial charge in [0, 0.05) is 15.0 Å². The number of carbonyl (C=O) groups excluding carboxylic acids is 1. The van der Waals surface area contributed by atoms with Gasteiger partial charge in [-0.1, -0.05) is 15.9 Å². The molecule has 0 saturated carbocycles. The number of carbonyl (C=O) groups is 1. The average Bonchev–Trinajstić information content (AvgIpc) is 2.43. The van der Waals surface area contributed by atoms with Crippen molar-refractivity contribution in [2.75, 3.05) is 5.32 Å². The van der Waals surface area contributed by atoms with Crippen molar-refractivity contribution in [2.45, 2.75) is 0 Å². The molecule has 2 rings (SSSR count). The second kappa shape index (κ2) is 6.15. The largest absolute Gasteiger partial charge is 0.317 e. The van der Waals surface area contributed by atoms with E-state index >= 15 is 0 Å². The molecule has 2 nitrogen and oxygen atoms in total. The van der Waals surface area contributed by atoms with Gasteiger partial charge >= 0.3 is 0 Å². The highest BCUT2D eigenvalue weighted by molar-refractivity contribution is 9.11. The van der Waals surface area contributed by atoms with E-state index in [-0.39, 0.29) is 11.6 Å². The number of anilines is 1. The van der Waals surface area contributed by atoms with Crippen molar-refractivity contribution in [2.24, 2.45) is 0 Å². The van der Waals surface area contributed by atoms with Gasteiger partial charge in [0.15, 0.2) is 23.3 Å². The van der Waals surface area contributed by atoms with E-state index < -0.39 is 34.9 Å². The minimum Gasteiger partial charge on any atom is -0.317 e. The lowest BCUT2D eigenvalue weighted by Crippen LogP contribution is -2.16. The van der Waals surface area contributed by atoms with Crippen LogP contribution in [0.3, 0.4) is 0 Å². The SMILES string of the molecule is O=C(Nc1c(F)c(F)cc(F)c1F)c1cc(Br)ccc1Br. The summed E-state index contributed by atoms with van der Waals surface area (Å²) in [5.41, 5.74) is -1.14. The van der Waals surface area contributed by atoms with Crippen LogP contribution in [-0.4, -0.2) is 5.91 Å². The second-order valence-electron chi connectivity index (χ2n) is 3.92. The first-order valence-corrected chi connectivity index (χ1v) is 6.99. The molecule has 0 atom stereocenters. The Morgan fingerprint density at radius 1 is 0.952 bits per heavy atom. The molecule has 0 aliphatic rings. The van der Waals surface area contributed by atoms with Crippen molar-refractivity contribution in [3.63, 3.8) is 0 Å². The van der Waals surface area contributed by atoms with Crippen LogP contribution in [0.1, 0.15) is 10.4 Å². The molecule has 2 aromatic rings. The number of amides is 1. The highest BCUT2D eigenvalue weighted by atomic mass is 79.9. The number of hydrogen-bond acceptors (Lipinski definition) is 1. The Balaban J connectivity index is 2.43. The molecule has 0 spiro atoms. The van der Waals surface area contributed by atoms with Crippen LogP contribution in [0.15, 0.2) is 33.2 Å². The maximum absolute atomic E-state index is 13.5. The van der Waals surface area contributed by atoms with Crippen LogP contribution < -0.4 is 5.32 Å². The topological polar surface area (TPSA) is 29.1 Å². The number of nitrogens with one attached hydrogen (secondary N) is 1. The predicted molar refractivity (Wildman–Crippen MR) is 76.1 cm³/mol. The molecule has 8 heteroatoms. The van der Waals surface area contributed by atoms with E-state index in [1.54, 1.807) is 6.07 Å². The Kier molecular flexibility index (Phi) is 4.67. The van der Waals surface area contributed by atoms with Crippen molar-refractivity contribution < 1.29 is 22.4 Å². The molecule has 0 bridgehead atoms. The van der Waals surface area contributed by atoms with Crippen molar-refractivity contribution in [3.8, 4) is 0 Å². The highest BCUT2D eigenvalue weighted by Gasteiger charge is 2.22. The van der Waals surface area contributed by atoms with E-state index in [4.69, 9.17) is 0 Å². The van der Waals surface area contributed by atoms with Gasteiger partial charge in [-0.25, -0.2) is 17.6 Å². The van der Waals surface area contributed by atoms with Crippen molar-refractivity contribution in [1.29, 1.82) is 0 Å². The summed E-state index contributed by atoms with van der Waals surface area (Å²) in [4.78, 5) is 12.0. The molecule has 1 N–H and O–H groups in total. The normalized spacial score (nSPS) is 10.6. The van der Waals surface area contributed by atoms with Crippen molar-refractivity contribution in [3.05, 3.63) is 62.0 Å². The van der Waals surface area contributed by atoms with Gasteiger partial charge in [-0.05, 0) is 34.1 Å². The van der Waals surface area contributed by atoms with Gasteiger partial charge in [0.1, 0.15) is 5.69 Å². The first-order valence-electron chi connectivity index (χ1n) is 5.40. The molecular weight excluding hydrogens is 422 g/mol. The van der Waals surface area contributed by atoms with Gasteiger partial charge in [-0.2, -0.15) is 0 Å². The lowest BCUT2D eigenvalue weighted by atomic mass is 10.2. The van der Waals surface area contributed by atoms with Gasteiger partial charge < -0.3 is 5.32 Å². The molecule has 1 amide bonds. The monoisotopic (exact) mass is 425 g/mol. The van der Waals surface area contributed by atoms with Crippen LogP contribution in [0.5, 0.6) is 0 Å². The highest BCUT2D eigenvalue weighted by Crippen LogP contribution is 2.27. The summed E-state index contributed by atoms with van der Waals surface area (Å²) in [5.74, 6) is -7.47. The van der Waals surface area contributed by atoms with E-state index in [0.717, 1.165) is 0 Å². The smallest absolute Gasteiger partial charge is 0.257 e. The lowest BCUT2D eigenvalue weighted by molar-refractivity contribution is 0.102. The number of rotatable bonds is 2. The van der Waals surface area contributed by atoms with Gasteiger partial charge in [-0.3, -0.25) is 4.79 Å². The fourth-order valence-electron chi connectivity index (χ4n) is 1.54. The Hall–Kier alpha value is -1.41. The van der Waals surface area contributed by atoms with E-state index in [9.17, 15) is 22.4 Å². The summed E-state index contributed by atoms with van der Waals surface area (Å²) in [6.07, 6.45) is 0. The zero-order valence-electron chi connectivity index (χ0n) is 9.99. The van der Waals surface area contributed by atoms with Crippen LogP contribution in [0.25, 0.3) is 0 Å². The molecule has 0 aliphatic carbocycles. The average molecular weight is 427 g/mol. The number of halogens is 6. The Morgan fingerprint density at radius 3 is 2.10 bits per heavy atom. The minimum absolute atomic E-state index is 0.0350. The molecule has 21 heavy (non-hydrogen) atoms. The molecule has 0 fully saturated rings. The summed E-state index contributed by atoms with van der Waals surface area (Å²) in [7, 11) is 0. The van der Waals surface area contributed by atoms with Gasteiger partial charge in [-0.15, -0.1) is 0 Å². The third-order valence-corrected chi connectivity index (χ3v) is 3.71. The zero-order chi connectivity index (χ0) is 15.7. The standard InChI is InChI=1S/C13H5Br2F4NO/c14-5-1-2-7(15)6(3-5)13(21)20-12-10(18)8(16)4-9(17)11(12)19/h1-4H,(H,20,21). The molecule has 0 unspecified atom stereocenters. The van der Waals surface area contributed by atoms with Gasteiger partial charge in [0.25, 0.3) is 5.91 Å². The Labute approximate surface area is 133 Å². The molecule has 0 aliphatic heterocycles. The van der Waals surface area contributed by atoms with Crippen LogP contribution in [-0.2, 0) is 0 Å². The molecular formula is C13H5Br2F4NO. The van der Waals surface area contributed by atoms with E-state index in [0.29, 0.717) is 8.95 Å². The van der Waals surface area contributed by atoms with Gasteiger partial charge in [0.05, 0.1) is 5.56 Å². The van der Waals surface area contributed by atoms with E-state index in [1.165, 1.54) is 12.1 Å². The lowest BCUT2D eigenvalue weighted by Gasteiger charge is -2.10. The first-order chi connectivity index (χ1) is 9.81. The molecule has 110 valence electrons. The maximum Gasteiger partial charge on any atom is 0.257 e. The molecule has 0 saturated heterocycles. The summed E-state index contributed by atoms with van der Waals surface area (Å²) < 4.78 is 54.0. The van der Waals surface area contributed by atoms with Crippen LogP contribution in [0.2, 0.25) is 0 Å². The first kappa shape index (κ1) is 16.0. The molecule has 0 radical (unpaired) electrons. The summed E-state index contributed by atoms with van der Waals surface area (Å²) in [6, 6.07) is 4.60. The third kappa shape index (κ3) is 3.26. The van der Waals surface area contributed by atoms with Crippen LogP contribution >= 0.6 is 31.9 Å². The number of benzene rings is 2. The fourth-order valence-corrected chi connectivity index (χ4v) is 2.32. The second-order valence-corrected chi connectivity index (χ2v) is 5.69. The summed E-state index contributed by atoms with van der Waals surface area (Å²) >= 11 is 6.23. The number of hydrogen-bond donors (Lipinski definition) is 1. The summed E-state index contributed by atoms with van der Waals surface area (Å²) in [6.45, 7) is 0. The van der Waals surface area contributed by atoms with Crippen molar-refractivity contribution >= 4 is 43.5 Å². The Morgan fingerprint density at radius 2 is 1.52 bits per heavy atom. The maximum atomic E-state index is 13.5. The quantitative estimate of drug-likeness (QED) is 0.530. The minimum atomic E-state index is -1.67. The van der Waals surface area contributed by atoms with E-state index in [2.05, 4.69) is 31.9 Å². The van der Waals surface area contributed by atoms with Crippen molar-refractivity contribution in [1.82, 2.24) is 0 Å². The van der Waals surface area contributed by atoms with Crippen LogP contribution in [0.4, 0.5) is 23.2 Å². The summed E-state index contributed by atoms with van der Waals surface area (Å²) in [5, 5.41) is 1.82. The fraction of sp³-hybridized carbons (Fsp3) is 0. The van der Waals surface area contributed by atoms with E-state index in [1.807, 2.05) is 5.32 Å². The zero-order valence-corrected chi connectivity index (χ0v) is 13.2. The predicted octanol–water partition coefficient (Wildman–Crippen LogP) is 5.02. The Bertz CT molecular complexity index is 710. The molecule has 0 heterocycles. The van der Waals surface area contributed by atoms with Crippen LogP contribution in [0, 0.1) is 23.3 Å². The van der Waals surface area contributed by atoms with Gasteiger partial charge in [0.2, 0.25) is 0 Å². The molecule has 2 aromatic carbocycles.